The number of halogens is 3. The van der Waals surface area contributed by atoms with Gasteiger partial charge >= 0.3 is 6.18 Å². The molecule has 0 aromatic heterocycles. The van der Waals surface area contributed by atoms with E-state index in [1.165, 1.54) is 19.2 Å². The molecule has 112 valence electrons. The van der Waals surface area contributed by atoms with Gasteiger partial charge in [-0.1, -0.05) is 6.92 Å². The monoisotopic (exact) mass is 289 g/mol. The number of carbonyl (C=O) groups is 1. The van der Waals surface area contributed by atoms with E-state index in [1.54, 1.807) is 0 Å². The van der Waals surface area contributed by atoms with Gasteiger partial charge < -0.3 is 10.1 Å². The topological polar surface area (TPSA) is 38.3 Å². The number of hydrogen-bond acceptors (Lipinski definition) is 2. The summed E-state index contributed by atoms with van der Waals surface area (Å²) < 4.78 is 42.3. The van der Waals surface area contributed by atoms with Gasteiger partial charge in [-0.3, -0.25) is 4.79 Å². The van der Waals surface area contributed by atoms with Crippen LogP contribution in [0.25, 0.3) is 0 Å². The molecule has 20 heavy (non-hydrogen) atoms. The van der Waals surface area contributed by atoms with Crippen molar-refractivity contribution in [1.82, 2.24) is 5.32 Å². The Bertz CT molecular complexity index is 456. The van der Waals surface area contributed by atoms with Crippen LogP contribution in [0.1, 0.15) is 36.2 Å². The maximum absolute atomic E-state index is 12.4. The lowest BCUT2D eigenvalue weighted by molar-refractivity contribution is -0.137. The summed E-state index contributed by atoms with van der Waals surface area (Å²) in [6, 6.07) is 4.13. The second kappa shape index (κ2) is 6.26. The summed E-state index contributed by atoms with van der Waals surface area (Å²) in [7, 11) is 1.53. The van der Waals surface area contributed by atoms with E-state index in [0.29, 0.717) is 13.0 Å². The molecule has 0 bridgehead atoms. The predicted octanol–water partition coefficient (Wildman–Crippen LogP) is 3.25. The van der Waals surface area contributed by atoms with E-state index < -0.39 is 23.2 Å². The zero-order chi connectivity index (χ0) is 15.4. The standard InChI is InChI=1S/C14H18F3NO2/c1-4-13(2,9-20-3)18-12(19)10-5-7-11(8-6-10)14(15,16)17/h5-8H,4,9H2,1-3H3,(H,18,19). The van der Waals surface area contributed by atoms with E-state index >= 15 is 0 Å². The fraction of sp³-hybridized carbons (Fsp3) is 0.500. The van der Waals surface area contributed by atoms with E-state index in [0.717, 1.165) is 12.1 Å². The summed E-state index contributed by atoms with van der Waals surface area (Å²) in [5.41, 5.74) is -1.13. The molecule has 0 saturated carbocycles. The van der Waals surface area contributed by atoms with E-state index in [2.05, 4.69) is 5.32 Å². The van der Waals surface area contributed by atoms with Gasteiger partial charge in [0.15, 0.2) is 0 Å². The quantitative estimate of drug-likeness (QED) is 0.903. The highest BCUT2D eigenvalue weighted by Crippen LogP contribution is 2.29. The van der Waals surface area contributed by atoms with Gasteiger partial charge in [0.2, 0.25) is 0 Å². The van der Waals surface area contributed by atoms with Gasteiger partial charge in [0.25, 0.3) is 5.91 Å². The summed E-state index contributed by atoms with van der Waals surface area (Å²) in [4.78, 5) is 12.0. The number of benzene rings is 1. The van der Waals surface area contributed by atoms with Crippen molar-refractivity contribution in [2.24, 2.45) is 0 Å². The number of rotatable bonds is 5. The number of methoxy groups -OCH3 is 1. The molecule has 0 radical (unpaired) electrons. The van der Waals surface area contributed by atoms with Crippen molar-refractivity contribution >= 4 is 5.91 Å². The molecular weight excluding hydrogens is 271 g/mol. The number of nitrogens with one attached hydrogen (secondary N) is 1. The number of hydrogen-bond donors (Lipinski definition) is 1. The summed E-state index contributed by atoms with van der Waals surface area (Å²) in [6.07, 6.45) is -3.75. The van der Waals surface area contributed by atoms with Crippen LogP contribution in [0.4, 0.5) is 13.2 Å². The molecule has 1 unspecified atom stereocenters. The minimum atomic E-state index is -4.40. The lowest BCUT2D eigenvalue weighted by atomic mass is 9.99. The van der Waals surface area contributed by atoms with Crippen molar-refractivity contribution in [3.63, 3.8) is 0 Å². The maximum atomic E-state index is 12.4. The first-order chi connectivity index (χ1) is 9.22. The number of alkyl halides is 3. The smallest absolute Gasteiger partial charge is 0.382 e. The maximum Gasteiger partial charge on any atom is 0.416 e. The lowest BCUT2D eigenvalue weighted by Crippen LogP contribution is -2.48. The molecule has 0 heterocycles. The molecule has 1 N–H and O–H groups in total. The highest BCUT2D eigenvalue weighted by molar-refractivity contribution is 5.94. The Hall–Kier alpha value is -1.56. The van der Waals surface area contributed by atoms with Gasteiger partial charge in [-0.05, 0) is 37.6 Å². The second-order valence-electron chi connectivity index (χ2n) is 4.88. The van der Waals surface area contributed by atoms with Crippen molar-refractivity contribution in [1.29, 1.82) is 0 Å². The first kappa shape index (κ1) is 16.5. The molecule has 0 spiro atoms. The molecule has 0 saturated heterocycles. The Kier molecular flexibility index (Phi) is 5.16. The highest BCUT2D eigenvalue weighted by Gasteiger charge is 2.30. The highest BCUT2D eigenvalue weighted by atomic mass is 19.4. The average molecular weight is 289 g/mol. The van der Waals surface area contributed by atoms with Crippen molar-refractivity contribution in [3.05, 3.63) is 35.4 Å². The predicted molar refractivity (Wildman–Crippen MR) is 69.5 cm³/mol. The minimum absolute atomic E-state index is 0.189. The summed E-state index contributed by atoms with van der Waals surface area (Å²) in [6.45, 7) is 4.04. The third-order valence-corrected chi connectivity index (χ3v) is 3.13. The zero-order valence-electron chi connectivity index (χ0n) is 11.7. The Morgan fingerprint density at radius 2 is 1.80 bits per heavy atom. The molecule has 0 aliphatic carbocycles. The molecule has 0 aliphatic rings. The third-order valence-electron chi connectivity index (χ3n) is 3.13. The molecule has 0 fully saturated rings. The molecule has 1 amide bonds. The SMILES string of the molecule is CCC(C)(COC)NC(=O)c1ccc(C(F)(F)F)cc1. The van der Waals surface area contributed by atoms with Crippen LogP contribution >= 0.6 is 0 Å². The van der Waals surface area contributed by atoms with Crippen molar-refractivity contribution in [3.8, 4) is 0 Å². The molecular formula is C14H18F3NO2. The normalized spacial score (nSPS) is 14.7. The van der Waals surface area contributed by atoms with Crippen molar-refractivity contribution in [2.45, 2.75) is 32.0 Å². The second-order valence-corrected chi connectivity index (χ2v) is 4.88. The van der Waals surface area contributed by atoms with E-state index in [4.69, 9.17) is 4.74 Å². The van der Waals surface area contributed by atoms with Gasteiger partial charge in [-0.15, -0.1) is 0 Å². The fourth-order valence-corrected chi connectivity index (χ4v) is 1.70. The summed E-state index contributed by atoms with van der Waals surface area (Å²) in [5.74, 6) is -0.417. The average Bonchev–Trinajstić information content (AvgIpc) is 2.38. The largest absolute Gasteiger partial charge is 0.416 e. The van der Waals surface area contributed by atoms with Gasteiger partial charge in [0.05, 0.1) is 17.7 Å². The molecule has 1 rings (SSSR count). The van der Waals surface area contributed by atoms with Crippen LogP contribution in [0.3, 0.4) is 0 Å². The van der Waals surface area contributed by atoms with Gasteiger partial charge in [0.1, 0.15) is 0 Å². The van der Waals surface area contributed by atoms with E-state index in [-0.39, 0.29) is 5.56 Å². The van der Waals surface area contributed by atoms with Crippen molar-refractivity contribution < 1.29 is 22.7 Å². The van der Waals surface area contributed by atoms with Gasteiger partial charge in [-0.25, -0.2) is 0 Å². The Morgan fingerprint density at radius 3 is 2.20 bits per heavy atom. The van der Waals surface area contributed by atoms with Gasteiger partial charge in [-0.2, -0.15) is 13.2 Å². The Balaban J connectivity index is 2.83. The van der Waals surface area contributed by atoms with Crippen LogP contribution in [-0.2, 0) is 10.9 Å². The van der Waals surface area contributed by atoms with Crippen LogP contribution in [-0.4, -0.2) is 25.2 Å². The number of ether oxygens (including phenoxy) is 1. The molecule has 1 aromatic rings. The lowest BCUT2D eigenvalue weighted by Gasteiger charge is -2.28. The van der Waals surface area contributed by atoms with Crippen LogP contribution in [0.2, 0.25) is 0 Å². The minimum Gasteiger partial charge on any atom is -0.382 e. The molecule has 6 heteroatoms. The zero-order valence-corrected chi connectivity index (χ0v) is 11.7. The summed E-state index contributed by atoms with van der Waals surface area (Å²) in [5, 5.41) is 2.77. The molecule has 1 atom stereocenters. The van der Waals surface area contributed by atoms with Crippen LogP contribution < -0.4 is 5.32 Å². The Morgan fingerprint density at radius 1 is 1.25 bits per heavy atom. The van der Waals surface area contributed by atoms with E-state index in [9.17, 15) is 18.0 Å². The third kappa shape index (κ3) is 4.23. The van der Waals surface area contributed by atoms with Crippen LogP contribution in [0.15, 0.2) is 24.3 Å². The van der Waals surface area contributed by atoms with E-state index in [1.807, 2.05) is 13.8 Å². The first-order valence-corrected chi connectivity index (χ1v) is 6.20. The van der Waals surface area contributed by atoms with Crippen molar-refractivity contribution in [2.75, 3.05) is 13.7 Å². The molecule has 0 aliphatic heterocycles. The Labute approximate surface area is 116 Å². The van der Waals surface area contributed by atoms with Crippen LogP contribution in [0, 0.1) is 0 Å². The molecule has 1 aromatic carbocycles. The first-order valence-electron chi connectivity index (χ1n) is 6.20. The summed E-state index contributed by atoms with van der Waals surface area (Å²) >= 11 is 0. The molecule has 3 nitrogen and oxygen atoms in total. The van der Waals surface area contributed by atoms with Gasteiger partial charge in [0, 0.05) is 12.7 Å². The fourth-order valence-electron chi connectivity index (χ4n) is 1.70. The number of carbonyl (C=O) groups excluding carboxylic acids is 1. The van der Waals surface area contributed by atoms with Crippen LogP contribution in [0.5, 0.6) is 0 Å². The number of amides is 1.